The number of amides is 1. The Balaban J connectivity index is 1.35. The fourth-order valence-electron chi connectivity index (χ4n) is 4.95. The van der Waals surface area contributed by atoms with Crippen LogP contribution >= 0.6 is 0 Å². The number of fused-ring (bicyclic) bond motifs is 1. The number of hydrogen-bond donors (Lipinski definition) is 0. The highest BCUT2D eigenvalue weighted by Crippen LogP contribution is 2.35. The summed E-state index contributed by atoms with van der Waals surface area (Å²) in [4.78, 5) is 28.1. The maximum Gasteiger partial charge on any atom is 0.435 e. The summed E-state index contributed by atoms with van der Waals surface area (Å²) >= 11 is 0. The summed E-state index contributed by atoms with van der Waals surface area (Å²) < 4.78 is 21.2. The Morgan fingerprint density at radius 1 is 1.11 bits per heavy atom. The predicted octanol–water partition coefficient (Wildman–Crippen LogP) is 5.51. The Labute approximate surface area is 215 Å². The van der Waals surface area contributed by atoms with Crippen molar-refractivity contribution in [3.8, 4) is 17.2 Å². The predicted molar refractivity (Wildman–Crippen MR) is 135 cm³/mol. The Morgan fingerprint density at radius 2 is 1.84 bits per heavy atom. The molecule has 3 aromatic rings. The van der Waals surface area contributed by atoms with Gasteiger partial charge < -0.3 is 9.64 Å². The molecule has 1 unspecified atom stereocenters. The Morgan fingerprint density at radius 3 is 2.49 bits per heavy atom. The topological polar surface area (TPSA) is 88.2 Å². The van der Waals surface area contributed by atoms with Crippen LogP contribution in [0.2, 0.25) is 0 Å². The highest BCUT2D eigenvalue weighted by Gasteiger charge is 2.39. The van der Waals surface area contributed by atoms with Crippen LogP contribution in [0.3, 0.4) is 0 Å². The van der Waals surface area contributed by atoms with Gasteiger partial charge in [-0.05, 0) is 88.3 Å². The number of ether oxygens (including phenoxy) is 1. The number of aromatic nitrogens is 2. The van der Waals surface area contributed by atoms with Gasteiger partial charge in [0.2, 0.25) is 0 Å². The van der Waals surface area contributed by atoms with Crippen molar-refractivity contribution < 1.29 is 18.7 Å². The van der Waals surface area contributed by atoms with E-state index in [-0.39, 0.29) is 29.1 Å². The number of aryl methyl sites for hydroxylation is 1. The molecule has 0 bridgehead atoms. The van der Waals surface area contributed by atoms with Gasteiger partial charge in [0.1, 0.15) is 11.4 Å². The average molecular weight is 501 g/mol. The molecule has 1 amide bonds. The van der Waals surface area contributed by atoms with E-state index in [9.17, 15) is 19.2 Å². The first-order valence-corrected chi connectivity index (χ1v) is 12.6. The molecule has 2 aromatic carbocycles. The zero-order valence-corrected chi connectivity index (χ0v) is 21.2. The minimum Gasteiger partial charge on any atom is -0.442 e. The lowest BCUT2D eigenvalue weighted by Gasteiger charge is -2.34. The van der Waals surface area contributed by atoms with Gasteiger partial charge >= 0.3 is 6.09 Å². The second kappa shape index (κ2) is 9.47. The van der Waals surface area contributed by atoms with Gasteiger partial charge in [-0.15, -0.1) is 0 Å². The molecule has 1 atom stereocenters. The molecule has 1 saturated carbocycles. The van der Waals surface area contributed by atoms with Crippen LogP contribution in [-0.2, 0) is 17.6 Å². The van der Waals surface area contributed by atoms with Crippen molar-refractivity contribution in [2.24, 2.45) is 0 Å². The molecule has 1 heterocycles. The first-order chi connectivity index (χ1) is 17.6. The second-order valence-corrected chi connectivity index (χ2v) is 10.7. The van der Waals surface area contributed by atoms with E-state index in [0.29, 0.717) is 24.0 Å². The van der Waals surface area contributed by atoms with Crippen LogP contribution < -0.4 is 0 Å². The van der Waals surface area contributed by atoms with Gasteiger partial charge in [0, 0.05) is 29.4 Å². The molecular formula is C29H29FN4O3. The zero-order chi connectivity index (χ0) is 26.3. The standard InChI is InChI=1S/C29H29FN4O3/c1-29(2,3)37-28(36)33-17-21-15-23(13-14-25(21)32-33)34(22-11-12-22)27(35)19-9-7-18(8-10-19)26-20(16-31)5-4-6-24(26)30/h4-10,17,22-23H,11-15H2,1-3H3. The van der Waals surface area contributed by atoms with Gasteiger partial charge in [0.05, 0.1) is 17.3 Å². The largest absolute Gasteiger partial charge is 0.442 e. The van der Waals surface area contributed by atoms with Crippen LogP contribution in [-0.4, -0.2) is 44.4 Å². The number of benzene rings is 2. The summed E-state index contributed by atoms with van der Waals surface area (Å²) in [6, 6.07) is 13.4. The van der Waals surface area contributed by atoms with Crippen molar-refractivity contribution in [2.75, 3.05) is 0 Å². The normalized spacial score (nSPS) is 17.0. The molecule has 7 nitrogen and oxygen atoms in total. The van der Waals surface area contributed by atoms with Crippen molar-refractivity contribution in [3.63, 3.8) is 0 Å². The molecule has 2 aliphatic carbocycles. The Hall–Kier alpha value is -3.99. The fraction of sp³-hybridized carbons (Fsp3) is 0.379. The summed E-state index contributed by atoms with van der Waals surface area (Å²) in [7, 11) is 0. The van der Waals surface area contributed by atoms with Gasteiger partial charge in [-0.3, -0.25) is 4.79 Å². The van der Waals surface area contributed by atoms with Crippen molar-refractivity contribution in [2.45, 2.75) is 70.6 Å². The summed E-state index contributed by atoms with van der Waals surface area (Å²) in [6.07, 6.45) is 5.20. The van der Waals surface area contributed by atoms with Crippen molar-refractivity contribution in [3.05, 3.63) is 76.9 Å². The van der Waals surface area contributed by atoms with Crippen LogP contribution in [0.25, 0.3) is 11.1 Å². The van der Waals surface area contributed by atoms with Crippen molar-refractivity contribution in [1.29, 1.82) is 5.26 Å². The highest BCUT2D eigenvalue weighted by atomic mass is 19.1. The average Bonchev–Trinajstić information content (AvgIpc) is 3.59. The number of carbonyl (C=O) groups is 2. The van der Waals surface area contributed by atoms with Crippen molar-refractivity contribution >= 4 is 12.0 Å². The fourth-order valence-corrected chi connectivity index (χ4v) is 4.95. The molecule has 0 spiro atoms. The molecule has 1 aromatic heterocycles. The number of hydrogen-bond acceptors (Lipinski definition) is 5. The van der Waals surface area contributed by atoms with Gasteiger partial charge in [-0.2, -0.15) is 15.0 Å². The first-order valence-electron chi connectivity index (χ1n) is 12.6. The zero-order valence-electron chi connectivity index (χ0n) is 21.2. The lowest BCUT2D eigenvalue weighted by atomic mass is 9.91. The second-order valence-electron chi connectivity index (χ2n) is 10.7. The molecule has 37 heavy (non-hydrogen) atoms. The summed E-state index contributed by atoms with van der Waals surface area (Å²) in [5.74, 6) is -0.529. The minimum absolute atomic E-state index is 0.000206. The molecule has 2 aliphatic rings. The SMILES string of the molecule is CC(C)(C)OC(=O)n1cc2c(n1)CCC(N(C(=O)c1ccc(-c3c(F)cccc3C#N)cc1)C1CC1)C2. The van der Waals surface area contributed by atoms with Crippen LogP contribution in [0.15, 0.2) is 48.7 Å². The lowest BCUT2D eigenvalue weighted by molar-refractivity contribution is 0.0513. The van der Waals surface area contributed by atoms with E-state index >= 15 is 0 Å². The van der Waals surface area contributed by atoms with E-state index in [1.165, 1.54) is 16.8 Å². The minimum atomic E-state index is -0.612. The highest BCUT2D eigenvalue weighted by molar-refractivity contribution is 5.95. The quantitative estimate of drug-likeness (QED) is 0.472. The number of carbonyl (C=O) groups excluding carboxylic acids is 2. The number of nitrogens with zero attached hydrogens (tertiary/aromatic N) is 4. The number of nitriles is 1. The van der Waals surface area contributed by atoms with Crippen molar-refractivity contribution in [1.82, 2.24) is 14.7 Å². The van der Waals surface area contributed by atoms with E-state index in [1.54, 1.807) is 36.5 Å². The Kier molecular flexibility index (Phi) is 6.32. The summed E-state index contributed by atoms with van der Waals surface area (Å²) in [6.45, 7) is 5.44. The lowest BCUT2D eigenvalue weighted by Crippen LogP contribution is -2.44. The third kappa shape index (κ3) is 5.12. The summed E-state index contributed by atoms with van der Waals surface area (Å²) in [5, 5.41) is 13.8. The summed E-state index contributed by atoms with van der Waals surface area (Å²) in [5.41, 5.74) is 2.79. The van der Waals surface area contributed by atoms with Crippen LogP contribution in [0.1, 0.15) is 67.2 Å². The smallest absolute Gasteiger partial charge is 0.435 e. The maximum atomic E-state index is 14.5. The maximum absolute atomic E-state index is 14.5. The first kappa shape index (κ1) is 24.7. The number of halogens is 1. The molecule has 0 aliphatic heterocycles. The van der Waals surface area contributed by atoms with E-state index in [2.05, 4.69) is 5.10 Å². The molecule has 0 saturated heterocycles. The third-order valence-corrected chi connectivity index (χ3v) is 6.75. The molecule has 0 N–H and O–H groups in total. The molecule has 8 heteroatoms. The van der Waals surface area contributed by atoms with Gasteiger partial charge in [0.25, 0.3) is 5.91 Å². The van der Waals surface area contributed by atoms with E-state index < -0.39 is 17.5 Å². The van der Waals surface area contributed by atoms with Gasteiger partial charge in [-0.25, -0.2) is 9.18 Å². The van der Waals surface area contributed by atoms with E-state index in [1.807, 2.05) is 31.7 Å². The molecule has 1 fully saturated rings. The van der Waals surface area contributed by atoms with Crippen LogP contribution in [0, 0.1) is 17.1 Å². The Bertz CT molecular complexity index is 1390. The van der Waals surface area contributed by atoms with Crippen LogP contribution in [0.5, 0.6) is 0 Å². The number of rotatable bonds is 4. The molecular weight excluding hydrogens is 471 g/mol. The monoisotopic (exact) mass is 500 g/mol. The molecule has 190 valence electrons. The molecule has 0 radical (unpaired) electrons. The van der Waals surface area contributed by atoms with E-state index in [4.69, 9.17) is 4.74 Å². The van der Waals surface area contributed by atoms with E-state index in [0.717, 1.165) is 30.5 Å². The van der Waals surface area contributed by atoms with Gasteiger partial charge in [0.15, 0.2) is 0 Å². The third-order valence-electron chi connectivity index (χ3n) is 6.75. The van der Waals surface area contributed by atoms with Gasteiger partial charge in [-0.1, -0.05) is 18.2 Å². The van der Waals surface area contributed by atoms with Crippen LogP contribution in [0.4, 0.5) is 9.18 Å². The molecule has 5 rings (SSSR count).